The lowest BCUT2D eigenvalue weighted by Crippen LogP contribution is -2.49. The van der Waals surface area contributed by atoms with Gasteiger partial charge in [-0.15, -0.1) is 0 Å². The maximum absolute atomic E-state index is 13.7. The van der Waals surface area contributed by atoms with Gasteiger partial charge in [-0.25, -0.2) is 23.1 Å². The highest BCUT2D eigenvalue weighted by Crippen LogP contribution is 2.23. The molecule has 152 valence electrons. The van der Waals surface area contributed by atoms with Crippen LogP contribution in [0.15, 0.2) is 24.7 Å². The number of hydrogen-bond acceptors (Lipinski definition) is 6. The largest absolute Gasteiger partial charge is 0.353 e. The standard InChI is InChI=1S/C18H18F3N7O/c1-26-17-11(8-24-26)18(23-10-22-17)28-6-4-27(5-7-28)9-14(29)25-13-3-2-12(19)15(20)16(13)21/h2-3,8,10H,4-7,9H2,1H3,(H,25,29). The summed E-state index contributed by atoms with van der Waals surface area (Å²) < 4.78 is 41.7. The third kappa shape index (κ3) is 3.73. The molecule has 0 radical (unpaired) electrons. The number of benzene rings is 1. The number of nitrogens with zero attached hydrogens (tertiary/aromatic N) is 6. The fourth-order valence-corrected chi connectivity index (χ4v) is 3.33. The Bertz CT molecular complexity index is 1060. The summed E-state index contributed by atoms with van der Waals surface area (Å²) in [5.74, 6) is -4.03. The molecule has 8 nitrogen and oxygen atoms in total. The van der Waals surface area contributed by atoms with E-state index in [9.17, 15) is 18.0 Å². The van der Waals surface area contributed by atoms with Crippen LogP contribution in [0.1, 0.15) is 0 Å². The van der Waals surface area contributed by atoms with Crippen molar-refractivity contribution in [3.05, 3.63) is 42.1 Å². The van der Waals surface area contributed by atoms with E-state index in [2.05, 4.69) is 25.3 Å². The minimum absolute atomic E-state index is 0.0123. The molecule has 1 fully saturated rings. The zero-order valence-corrected chi connectivity index (χ0v) is 15.6. The van der Waals surface area contributed by atoms with Gasteiger partial charge in [-0.3, -0.25) is 14.4 Å². The van der Waals surface area contributed by atoms with Crippen LogP contribution in [0.5, 0.6) is 0 Å². The van der Waals surface area contributed by atoms with Crippen molar-refractivity contribution in [3.63, 3.8) is 0 Å². The van der Waals surface area contributed by atoms with Crippen molar-refractivity contribution in [2.45, 2.75) is 0 Å². The van der Waals surface area contributed by atoms with Crippen molar-refractivity contribution in [1.29, 1.82) is 0 Å². The highest BCUT2D eigenvalue weighted by molar-refractivity contribution is 5.92. The smallest absolute Gasteiger partial charge is 0.238 e. The number of rotatable bonds is 4. The second kappa shape index (κ2) is 7.66. The van der Waals surface area contributed by atoms with Crippen LogP contribution < -0.4 is 10.2 Å². The van der Waals surface area contributed by atoms with Gasteiger partial charge in [-0.2, -0.15) is 5.10 Å². The van der Waals surface area contributed by atoms with E-state index in [0.29, 0.717) is 26.2 Å². The molecule has 4 rings (SSSR count). The summed E-state index contributed by atoms with van der Waals surface area (Å²) in [4.78, 5) is 24.8. The van der Waals surface area contributed by atoms with Crippen molar-refractivity contribution in [2.75, 3.05) is 42.9 Å². The van der Waals surface area contributed by atoms with Gasteiger partial charge in [0, 0.05) is 33.2 Å². The van der Waals surface area contributed by atoms with Crippen molar-refractivity contribution in [1.82, 2.24) is 24.6 Å². The molecule has 0 aliphatic carbocycles. The zero-order valence-electron chi connectivity index (χ0n) is 15.6. The van der Waals surface area contributed by atoms with Crippen molar-refractivity contribution in [3.8, 4) is 0 Å². The Labute approximate surface area is 163 Å². The van der Waals surface area contributed by atoms with E-state index in [1.807, 2.05) is 11.9 Å². The molecule has 0 saturated carbocycles. The van der Waals surface area contributed by atoms with Crippen molar-refractivity contribution >= 4 is 28.4 Å². The van der Waals surface area contributed by atoms with Gasteiger partial charge in [0.05, 0.1) is 23.8 Å². The van der Waals surface area contributed by atoms with Crippen LogP contribution in [0.4, 0.5) is 24.7 Å². The first-order chi connectivity index (χ1) is 13.9. The molecule has 29 heavy (non-hydrogen) atoms. The monoisotopic (exact) mass is 405 g/mol. The lowest BCUT2D eigenvalue weighted by Gasteiger charge is -2.35. The number of aromatic nitrogens is 4. The minimum atomic E-state index is -1.61. The maximum atomic E-state index is 13.7. The molecule has 1 aliphatic rings. The van der Waals surface area contributed by atoms with Crippen LogP contribution in [0.2, 0.25) is 0 Å². The number of carbonyl (C=O) groups excluding carboxylic acids is 1. The van der Waals surface area contributed by atoms with E-state index in [4.69, 9.17) is 0 Å². The molecule has 1 saturated heterocycles. The van der Waals surface area contributed by atoms with Gasteiger partial charge in [0.25, 0.3) is 0 Å². The Morgan fingerprint density at radius 1 is 1.10 bits per heavy atom. The van der Waals surface area contributed by atoms with Gasteiger partial charge in [0.1, 0.15) is 12.1 Å². The second-order valence-corrected chi connectivity index (χ2v) is 6.74. The van der Waals surface area contributed by atoms with Gasteiger partial charge >= 0.3 is 0 Å². The molecule has 2 aromatic heterocycles. The molecule has 3 heterocycles. The fraction of sp³-hybridized carbons (Fsp3) is 0.333. The molecule has 0 spiro atoms. The number of nitrogens with one attached hydrogen (secondary N) is 1. The summed E-state index contributed by atoms with van der Waals surface area (Å²) in [6.45, 7) is 2.44. The van der Waals surface area contributed by atoms with Crippen LogP contribution in [0.3, 0.4) is 0 Å². The van der Waals surface area contributed by atoms with E-state index in [1.165, 1.54) is 6.33 Å². The number of piperazine rings is 1. The molecule has 11 heteroatoms. The van der Waals surface area contributed by atoms with Crippen LogP contribution in [-0.4, -0.2) is 63.3 Å². The maximum Gasteiger partial charge on any atom is 0.238 e. The number of fused-ring (bicyclic) bond motifs is 1. The Morgan fingerprint density at radius 2 is 1.86 bits per heavy atom. The molecule has 0 unspecified atom stereocenters. The summed E-state index contributed by atoms with van der Waals surface area (Å²) >= 11 is 0. The number of carbonyl (C=O) groups is 1. The summed E-state index contributed by atoms with van der Waals surface area (Å²) in [6.07, 6.45) is 3.22. The molecule has 0 atom stereocenters. The lowest BCUT2D eigenvalue weighted by molar-refractivity contribution is -0.117. The normalized spacial score (nSPS) is 15.1. The lowest BCUT2D eigenvalue weighted by atomic mass is 10.2. The van der Waals surface area contributed by atoms with E-state index >= 15 is 0 Å². The van der Waals surface area contributed by atoms with Crippen LogP contribution in [0.25, 0.3) is 11.0 Å². The predicted molar refractivity (Wildman–Crippen MR) is 99.9 cm³/mol. The average molecular weight is 405 g/mol. The average Bonchev–Trinajstić information content (AvgIpc) is 3.10. The van der Waals surface area contributed by atoms with E-state index in [1.54, 1.807) is 10.9 Å². The Kier molecular flexibility index (Phi) is 5.05. The third-order valence-corrected chi connectivity index (χ3v) is 4.86. The summed E-state index contributed by atoms with van der Waals surface area (Å²) in [6, 6.07) is 1.77. The summed E-state index contributed by atoms with van der Waals surface area (Å²) in [5.41, 5.74) is 0.359. The van der Waals surface area contributed by atoms with Crippen molar-refractivity contribution in [2.24, 2.45) is 7.05 Å². The molecule has 1 amide bonds. The number of halogens is 3. The summed E-state index contributed by atoms with van der Waals surface area (Å²) in [5, 5.41) is 7.35. The minimum Gasteiger partial charge on any atom is -0.353 e. The molecular formula is C18H18F3N7O. The van der Waals surface area contributed by atoms with E-state index in [-0.39, 0.29) is 12.2 Å². The molecule has 1 N–H and O–H groups in total. The van der Waals surface area contributed by atoms with Gasteiger partial charge in [0.2, 0.25) is 5.91 Å². The Morgan fingerprint density at radius 3 is 2.62 bits per heavy atom. The second-order valence-electron chi connectivity index (χ2n) is 6.74. The van der Waals surface area contributed by atoms with Crippen LogP contribution >= 0.6 is 0 Å². The first-order valence-corrected chi connectivity index (χ1v) is 8.97. The van der Waals surface area contributed by atoms with Crippen LogP contribution in [0, 0.1) is 17.5 Å². The quantitative estimate of drug-likeness (QED) is 0.664. The molecule has 1 aromatic carbocycles. The third-order valence-electron chi connectivity index (χ3n) is 4.86. The number of hydrogen-bond donors (Lipinski definition) is 1. The fourth-order valence-electron chi connectivity index (χ4n) is 3.33. The van der Waals surface area contributed by atoms with Gasteiger partial charge in [-0.1, -0.05) is 0 Å². The number of aryl methyl sites for hydroxylation is 1. The first kappa shape index (κ1) is 19.1. The van der Waals surface area contributed by atoms with Gasteiger partial charge in [0.15, 0.2) is 23.1 Å². The molecule has 3 aromatic rings. The molecule has 1 aliphatic heterocycles. The predicted octanol–water partition coefficient (Wildman–Crippen LogP) is 1.54. The highest BCUT2D eigenvalue weighted by atomic mass is 19.2. The zero-order chi connectivity index (χ0) is 20.5. The first-order valence-electron chi connectivity index (χ1n) is 8.97. The van der Waals surface area contributed by atoms with Crippen molar-refractivity contribution < 1.29 is 18.0 Å². The van der Waals surface area contributed by atoms with Crippen LogP contribution in [-0.2, 0) is 11.8 Å². The Balaban J connectivity index is 1.36. The van der Waals surface area contributed by atoms with E-state index < -0.39 is 23.4 Å². The molecule has 0 bridgehead atoms. The molecular weight excluding hydrogens is 387 g/mol. The van der Waals surface area contributed by atoms with Gasteiger partial charge in [-0.05, 0) is 12.1 Å². The number of anilines is 2. The highest BCUT2D eigenvalue weighted by Gasteiger charge is 2.23. The summed E-state index contributed by atoms with van der Waals surface area (Å²) in [7, 11) is 1.81. The topological polar surface area (TPSA) is 79.2 Å². The van der Waals surface area contributed by atoms with E-state index in [0.717, 1.165) is 29.0 Å². The SMILES string of the molecule is Cn1ncc2c(N3CCN(CC(=O)Nc4ccc(F)c(F)c4F)CC3)ncnc21. The Hall–Kier alpha value is -3.21. The number of amides is 1. The van der Waals surface area contributed by atoms with Gasteiger partial charge < -0.3 is 10.2 Å².